The van der Waals surface area contributed by atoms with E-state index in [0.717, 1.165) is 17.6 Å². The molecule has 0 saturated heterocycles. The van der Waals surface area contributed by atoms with Crippen molar-refractivity contribution in [2.75, 3.05) is 0 Å². The zero-order chi connectivity index (χ0) is 7.84. The number of fused-ring (bicyclic) bond motifs is 1. The van der Waals surface area contributed by atoms with E-state index < -0.39 is 0 Å². The second kappa shape index (κ2) is 2.16. The van der Waals surface area contributed by atoms with Gasteiger partial charge in [-0.3, -0.25) is 0 Å². The standard InChI is InChI=1S/C9H10O2/c1-6-4-7-2-3-11-9(10)8(7)5-6/h2-4,6,10H,5H2,1H3. The lowest BCUT2D eigenvalue weighted by atomic mass is 10.1. The molecule has 2 aliphatic rings. The third kappa shape index (κ3) is 0.946. The Morgan fingerprint density at radius 1 is 1.64 bits per heavy atom. The molecule has 0 saturated carbocycles. The quantitative estimate of drug-likeness (QED) is 0.574. The van der Waals surface area contributed by atoms with Gasteiger partial charge in [-0.15, -0.1) is 0 Å². The maximum atomic E-state index is 9.26. The van der Waals surface area contributed by atoms with Gasteiger partial charge in [0.1, 0.15) is 0 Å². The Balaban J connectivity index is 2.41. The fourth-order valence-corrected chi connectivity index (χ4v) is 1.52. The lowest BCUT2D eigenvalue weighted by Crippen LogP contribution is -1.97. The molecule has 2 rings (SSSR count). The molecule has 0 radical (unpaired) electrons. The fourth-order valence-electron chi connectivity index (χ4n) is 1.52. The average Bonchev–Trinajstić information content (AvgIpc) is 2.31. The first kappa shape index (κ1) is 6.53. The Labute approximate surface area is 65.5 Å². The Kier molecular flexibility index (Phi) is 1.28. The van der Waals surface area contributed by atoms with Gasteiger partial charge in [-0.25, -0.2) is 0 Å². The van der Waals surface area contributed by atoms with Crippen LogP contribution in [0, 0.1) is 5.92 Å². The summed E-state index contributed by atoms with van der Waals surface area (Å²) in [6, 6.07) is 0. The van der Waals surface area contributed by atoms with E-state index in [1.54, 1.807) is 0 Å². The van der Waals surface area contributed by atoms with Crippen molar-refractivity contribution in [3.05, 3.63) is 35.5 Å². The van der Waals surface area contributed by atoms with Gasteiger partial charge in [0.15, 0.2) is 0 Å². The number of allylic oxidation sites excluding steroid dienone is 4. The topological polar surface area (TPSA) is 29.5 Å². The predicted molar refractivity (Wildman–Crippen MR) is 41.7 cm³/mol. The minimum atomic E-state index is 0.0723. The van der Waals surface area contributed by atoms with Gasteiger partial charge in [0, 0.05) is 5.57 Å². The smallest absolute Gasteiger partial charge is 0.285 e. The molecule has 0 fully saturated rings. The molecular formula is C9H10O2. The summed E-state index contributed by atoms with van der Waals surface area (Å²) < 4.78 is 4.85. The summed E-state index contributed by atoms with van der Waals surface area (Å²) in [5.41, 5.74) is 2.06. The van der Waals surface area contributed by atoms with Gasteiger partial charge in [-0.05, 0) is 24.0 Å². The van der Waals surface area contributed by atoms with E-state index in [4.69, 9.17) is 4.74 Å². The summed E-state index contributed by atoms with van der Waals surface area (Å²) in [4.78, 5) is 0. The highest BCUT2D eigenvalue weighted by Gasteiger charge is 2.22. The number of rotatable bonds is 0. The normalized spacial score (nSPS) is 28.1. The van der Waals surface area contributed by atoms with Crippen molar-refractivity contribution in [2.24, 2.45) is 5.92 Å². The Morgan fingerprint density at radius 2 is 2.45 bits per heavy atom. The molecule has 0 amide bonds. The number of aliphatic hydroxyl groups is 1. The van der Waals surface area contributed by atoms with Crippen molar-refractivity contribution in [2.45, 2.75) is 13.3 Å². The highest BCUT2D eigenvalue weighted by atomic mass is 16.6. The lowest BCUT2D eigenvalue weighted by Gasteiger charge is -2.09. The zero-order valence-corrected chi connectivity index (χ0v) is 6.37. The third-order valence-electron chi connectivity index (χ3n) is 2.02. The van der Waals surface area contributed by atoms with Gasteiger partial charge >= 0.3 is 0 Å². The van der Waals surface area contributed by atoms with Crippen molar-refractivity contribution >= 4 is 0 Å². The summed E-state index contributed by atoms with van der Waals surface area (Å²) in [6.45, 7) is 2.12. The molecule has 1 atom stereocenters. The SMILES string of the molecule is CC1C=C2C=COC(O)=C2C1. The van der Waals surface area contributed by atoms with E-state index in [0.29, 0.717) is 5.92 Å². The highest BCUT2D eigenvalue weighted by molar-refractivity contribution is 5.46. The summed E-state index contributed by atoms with van der Waals surface area (Å²) in [6.07, 6.45) is 6.44. The van der Waals surface area contributed by atoms with Crippen LogP contribution in [0.2, 0.25) is 0 Å². The molecule has 1 N–H and O–H groups in total. The van der Waals surface area contributed by atoms with E-state index in [2.05, 4.69) is 13.0 Å². The number of hydrogen-bond donors (Lipinski definition) is 1. The van der Waals surface area contributed by atoms with Crippen LogP contribution in [0.25, 0.3) is 0 Å². The van der Waals surface area contributed by atoms with E-state index in [1.165, 1.54) is 6.26 Å². The summed E-state index contributed by atoms with van der Waals surface area (Å²) >= 11 is 0. The van der Waals surface area contributed by atoms with Gasteiger partial charge in [-0.1, -0.05) is 13.0 Å². The van der Waals surface area contributed by atoms with Crippen molar-refractivity contribution in [3.63, 3.8) is 0 Å². The summed E-state index contributed by atoms with van der Waals surface area (Å²) in [7, 11) is 0. The van der Waals surface area contributed by atoms with Crippen molar-refractivity contribution in [1.82, 2.24) is 0 Å². The molecule has 0 aromatic heterocycles. The van der Waals surface area contributed by atoms with Crippen LogP contribution in [0.4, 0.5) is 0 Å². The Hall–Kier alpha value is -1.18. The first-order valence-corrected chi connectivity index (χ1v) is 3.75. The second-order valence-electron chi connectivity index (χ2n) is 3.01. The second-order valence-corrected chi connectivity index (χ2v) is 3.01. The van der Waals surface area contributed by atoms with E-state index in [9.17, 15) is 5.11 Å². The van der Waals surface area contributed by atoms with Gasteiger partial charge in [0.05, 0.1) is 6.26 Å². The van der Waals surface area contributed by atoms with E-state index >= 15 is 0 Å². The van der Waals surface area contributed by atoms with Crippen LogP contribution < -0.4 is 0 Å². The van der Waals surface area contributed by atoms with Gasteiger partial charge < -0.3 is 9.84 Å². The van der Waals surface area contributed by atoms with Gasteiger partial charge in [0.25, 0.3) is 5.95 Å². The molecule has 58 valence electrons. The van der Waals surface area contributed by atoms with Crippen LogP contribution in [-0.4, -0.2) is 5.11 Å². The molecular weight excluding hydrogens is 140 g/mol. The maximum Gasteiger partial charge on any atom is 0.285 e. The molecule has 1 aliphatic heterocycles. The highest BCUT2D eigenvalue weighted by Crippen LogP contribution is 2.34. The van der Waals surface area contributed by atoms with E-state index in [-0.39, 0.29) is 5.95 Å². The minimum absolute atomic E-state index is 0.0723. The molecule has 0 bridgehead atoms. The summed E-state index contributed by atoms with van der Waals surface area (Å²) in [5, 5.41) is 9.26. The molecule has 11 heavy (non-hydrogen) atoms. The maximum absolute atomic E-state index is 9.26. The third-order valence-corrected chi connectivity index (χ3v) is 2.02. The van der Waals surface area contributed by atoms with Crippen LogP contribution >= 0.6 is 0 Å². The number of ether oxygens (including phenoxy) is 1. The minimum Gasteiger partial charge on any atom is -0.480 e. The molecule has 0 aromatic rings. The van der Waals surface area contributed by atoms with Crippen molar-refractivity contribution in [1.29, 1.82) is 0 Å². The average molecular weight is 150 g/mol. The van der Waals surface area contributed by atoms with Crippen molar-refractivity contribution < 1.29 is 9.84 Å². The van der Waals surface area contributed by atoms with Crippen LogP contribution in [0.3, 0.4) is 0 Å². The Bertz CT molecular complexity index is 271. The predicted octanol–water partition coefficient (Wildman–Crippen LogP) is 2.27. The molecule has 0 spiro atoms. The first-order chi connectivity index (χ1) is 5.27. The van der Waals surface area contributed by atoms with E-state index in [1.807, 2.05) is 6.08 Å². The van der Waals surface area contributed by atoms with Crippen LogP contribution in [0.15, 0.2) is 35.5 Å². The first-order valence-electron chi connectivity index (χ1n) is 3.75. The molecule has 0 aromatic carbocycles. The number of aliphatic hydroxyl groups excluding tert-OH is 1. The van der Waals surface area contributed by atoms with Crippen LogP contribution in [-0.2, 0) is 4.74 Å². The lowest BCUT2D eigenvalue weighted by molar-refractivity contribution is 0.159. The molecule has 1 heterocycles. The molecule has 2 heteroatoms. The Morgan fingerprint density at radius 3 is 3.18 bits per heavy atom. The summed E-state index contributed by atoms with van der Waals surface area (Å²) in [5.74, 6) is 0.594. The number of hydrogen-bond acceptors (Lipinski definition) is 2. The molecule has 2 nitrogen and oxygen atoms in total. The van der Waals surface area contributed by atoms with Crippen LogP contribution in [0.1, 0.15) is 13.3 Å². The largest absolute Gasteiger partial charge is 0.480 e. The monoisotopic (exact) mass is 150 g/mol. The fraction of sp³-hybridized carbons (Fsp3) is 0.333. The van der Waals surface area contributed by atoms with Crippen LogP contribution in [0.5, 0.6) is 0 Å². The zero-order valence-electron chi connectivity index (χ0n) is 6.37. The van der Waals surface area contributed by atoms with Crippen molar-refractivity contribution in [3.8, 4) is 0 Å². The molecule has 1 unspecified atom stereocenters. The van der Waals surface area contributed by atoms with Gasteiger partial charge in [0.2, 0.25) is 0 Å². The molecule has 1 aliphatic carbocycles. The van der Waals surface area contributed by atoms with Gasteiger partial charge in [-0.2, -0.15) is 0 Å².